The molecule has 1 aliphatic rings. The number of para-hydroxylation sites is 1. The van der Waals surface area contributed by atoms with E-state index in [1.165, 1.54) is 0 Å². The van der Waals surface area contributed by atoms with E-state index in [1.807, 2.05) is 33.8 Å². The lowest BCUT2D eigenvalue weighted by atomic mass is 10.1. The number of carbonyl (C=O) groups is 1. The first-order chi connectivity index (χ1) is 12.1. The number of fused-ring (bicyclic) bond motifs is 1. The summed E-state index contributed by atoms with van der Waals surface area (Å²) < 4.78 is 7.13. The third kappa shape index (κ3) is 3.83. The van der Waals surface area contributed by atoms with Crippen LogP contribution in [0.3, 0.4) is 0 Å². The molecule has 0 saturated carbocycles. The van der Waals surface area contributed by atoms with E-state index < -0.39 is 6.10 Å². The van der Waals surface area contributed by atoms with Crippen LogP contribution in [0, 0.1) is 0 Å². The van der Waals surface area contributed by atoms with Crippen molar-refractivity contribution in [2.24, 2.45) is 0 Å². The van der Waals surface area contributed by atoms with E-state index in [4.69, 9.17) is 9.84 Å². The number of hydrogen-bond donors (Lipinski definition) is 2. The van der Waals surface area contributed by atoms with E-state index in [9.17, 15) is 9.90 Å². The zero-order valence-corrected chi connectivity index (χ0v) is 14.3. The number of aromatic nitrogens is 2. The van der Waals surface area contributed by atoms with Crippen molar-refractivity contribution in [1.29, 1.82) is 0 Å². The summed E-state index contributed by atoms with van der Waals surface area (Å²) in [6, 6.07) is 9.28. The fraction of sp³-hybridized carbons (Fsp3) is 0.444. The standard InChI is InChI=1S/C18H23N3O4/c1-25-17-6-3-2-5-13(17)9-18(24)20-7-4-8-21-14(11-20)10-15(19-21)16(23)12-22/h2-3,5-6,10,16,22-23H,4,7-9,11-12H2,1H3. The van der Waals surface area contributed by atoms with Crippen LogP contribution in [-0.2, 0) is 24.3 Å². The maximum absolute atomic E-state index is 12.7. The second kappa shape index (κ2) is 7.67. The highest BCUT2D eigenvalue weighted by molar-refractivity contribution is 5.79. The summed E-state index contributed by atoms with van der Waals surface area (Å²) in [5.41, 5.74) is 2.18. The topological polar surface area (TPSA) is 87.8 Å². The zero-order chi connectivity index (χ0) is 17.8. The predicted molar refractivity (Wildman–Crippen MR) is 91.0 cm³/mol. The summed E-state index contributed by atoms with van der Waals surface area (Å²) in [4.78, 5) is 14.6. The van der Waals surface area contributed by atoms with Gasteiger partial charge in [-0.2, -0.15) is 5.10 Å². The molecule has 3 rings (SSSR count). The van der Waals surface area contributed by atoms with Gasteiger partial charge in [0.2, 0.25) is 5.91 Å². The van der Waals surface area contributed by atoms with Gasteiger partial charge in [0.05, 0.1) is 38.1 Å². The number of aliphatic hydroxyl groups is 2. The minimum Gasteiger partial charge on any atom is -0.496 e. The Balaban J connectivity index is 1.74. The second-order valence-electron chi connectivity index (χ2n) is 6.14. The van der Waals surface area contributed by atoms with Crippen molar-refractivity contribution in [3.05, 3.63) is 47.3 Å². The minimum atomic E-state index is -0.989. The Morgan fingerprint density at radius 2 is 2.16 bits per heavy atom. The number of methoxy groups -OCH3 is 1. The number of carbonyl (C=O) groups excluding carboxylic acids is 1. The highest BCUT2D eigenvalue weighted by Crippen LogP contribution is 2.21. The molecule has 2 heterocycles. The van der Waals surface area contributed by atoms with Crippen LogP contribution in [0.2, 0.25) is 0 Å². The first kappa shape index (κ1) is 17.4. The zero-order valence-electron chi connectivity index (χ0n) is 14.3. The molecule has 7 nitrogen and oxygen atoms in total. The summed E-state index contributed by atoms with van der Waals surface area (Å²) in [7, 11) is 1.60. The largest absolute Gasteiger partial charge is 0.496 e. The van der Waals surface area contributed by atoms with Crippen molar-refractivity contribution < 1.29 is 19.7 Å². The number of nitrogens with zero attached hydrogens (tertiary/aromatic N) is 3. The first-order valence-electron chi connectivity index (χ1n) is 8.37. The quantitative estimate of drug-likeness (QED) is 0.840. The highest BCUT2D eigenvalue weighted by atomic mass is 16.5. The minimum absolute atomic E-state index is 0.0309. The van der Waals surface area contributed by atoms with Crippen LogP contribution < -0.4 is 4.74 Å². The van der Waals surface area contributed by atoms with Crippen LogP contribution in [0.15, 0.2) is 30.3 Å². The molecule has 25 heavy (non-hydrogen) atoms. The molecule has 1 aromatic carbocycles. The maximum Gasteiger partial charge on any atom is 0.227 e. The number of ether oxygens (including phenoxy) is 1. The molecule has 0 aliphatic carbocycles. The van der Waals surface area contributed by atoms with Gasteiger partial charge in [0.25, 0.3) is 0 Å². The smallest absolute Gasteiger partial charge is 0.227 e. The second-order valence-corrected chi connectivity index (χ2v) is 6.14. The molecule has 0 spiro atoms. The molecule has 1 aliphatic heterocycles. The molecular weight excluding hydrogens is 322 g/mol. The summed E-state index contributed by atoms with van der Waals surface area (Å²) in [5.74, 6) is 0.743. The number of hydrogen-bond acceptors (Lipinski definition) is 5. The number of aliphatic hydroxyl groups excluding tert-OH is 2. The maximum atomic E-state index is 12.7. The van der Waals surface area contributed by atoms with E-state index in [2.05, 4.69) is 5.10 Å². The first-order valence-corrected chi connectivity index (χ1v) is 8.37. The van der Waals surface area contributed by atoms with Crippen molar-refractivity contribution in [2.75, 3.05) is 20.3 Å². The van der Waals surface area contributed by atoms with Crippen LogP contribution >= 0.6 is 0 Å². The van der Waals surface area contributed by atoms with Crippen LogP contribution in [0.25, 0.3) is 0 Å². The third-order valence-corrected chi connectivity index (χ3v) is 4.43. The molecule has 1 unspecified atom stereocenters. The monoisotopic (exact) mass is 345 g/mol. The predicted octanol–water partition coefficient (Wildman–Crippen LogP) is 0.892. The van der Waals surface area contributed by atoms with Crippen molar-refractivity contribution >= 4 is 5.91 Å². The number of amides is 1. The van der Waals surface area contributed by atoms with Gasteiger partial charge in [-0.1, -0.05) is 18.2 Å². The van der Waals surface area contributed by atoms with Crippen molar-refractivity contribution in [2.45, 2.75) is 32.0 Å². The SMILES string of the molecule is COc1ccccc1CC(=O)N1CCCn2nc(C(O)CO)cc2C1. The summed E-state index contributed by atoms with van der Waals surface area (Å²) in [6.45, 7) is 1.42. The van der Waals surface area contributed by atoms with Crippen molar-refractivity contribution in [1.82, 2.24) is 14.7 Å². The van der Waals surface area contributed by atoms with Crippen LogP contribution in [0.1, 0.15) is 29.5 Å². The molecule has 1 aromatic heterocycles. The van der Waals surface area contributed by atoms with Gasteiger partial charge in [0, 0.05) is 18.7 Å². The molecule has 1 amide bonds. The van der Waals surface area contributed by atoms with Gasteiger partial charge < -0.3 is 19.8 Å². The average Bonchev–Trinajstić information content (AvgIpc) is 2.93. The third-order valence-electron chi connectivity index (χ3n) is 4.43. The summed E-state index contributed by atoms with van der Waals surface area (Å²) in [5, 5.41) is 23.2. The van der Waals surface area contributed by atoms with Crippen LogP contribution in [0.4, 0.5) is 0 Å². The molecule has 1 atom stereocenters. The Kier molecular flexibility index (Phi) is 5.35. The van der Waals surface area contributed by atoms with E-state index in [0.29, 0.717) is 31.1 Å². The fourth-order valence-corrected chi connectivity index (χ4v) is 3.08. The summed E-state index contributed by atoms with van der Waals surface area (Å²) >= 11 is 0. The van der Waals surface area contributed by atoms with Gasteiger partial charge in [-0.3, -0.25) is 9.48 Å². The molecule has 2 aromatic rings. The van der Waals surface area contributed by atoms with Gasteiger partial charge in [0.15, 0.2) is 0 Å². The van der Waals surface area contributed by atoms with E-state index in [1.54, 1.807) is 13.2 Å². The van der Waals surface area contributed by atoms with Crippen molar-refractivity contribution in [3.8, 4) is 5.75 Å². The van der Waals surface area contributed by atoms with E-state index in [-0.39, 0.29) is 18.9 Å². The Morgan fingerprint density at radius 1 is 1.36 bits per heavy atom. The molecule has 134 valence electrons. The highest BCUT2D eigenvalue weighted by Gasteiger charge is 2.23. The number of aryl methyl sites for hydroxylation is 1. The Labute approximate surface area is 146 Å². The number of rotatable bonds is 5. The van der Waals surface area contributed by atoms with E-state index >= 15 is 0 Å². The normalized spacial score (nSPS) is 15.4. The van der Waals surface area contributed by atoms with Gasteiger partial charge in [-0.05, 0) is 18.6 Å². The van der Waals surface area contributed by atoms with E-state index in [0.717, 1.165) is 17.7 Å². The van der Waals surface area contributed by atoms with Gasteiger partial charge in [-0.15, -0.1) is 0 Å². The van der Waals surface area contributed by atoms with Gasteiger partial charge >= 0.3 is 0 Å². The molecule has 0 fully saturated rings. The summed E-state index contributed by atoms with van der Waals surface area (Å²) in [6.07, 6.45) is 0.0859. The van der Waals surface area contributed by atoms with Gasteiger partial charge in [-0.25, -0.2) is 0 Å². The lowest BCUT2D eigenvalue weighted by Gasteiger charge is -2.20. The van der Waals surface area contributed by atoms with Crippen LogP contribution in [-0.4, -0.2) is 51.1 Å². The lowest BCUT2D eigenvalue weighted by Crippen LogP contribution is -2.32. The Bertz CT molecular complexity index is 744. The Morgan fingerprint density at radius 3 is 2.92 bits per heavy atom. The average molecular weight is 345 g/mol. The molecule has 7 heteroatoms. The van der Waals surface area contributed by atoms with Crippen molar-refractivity contribution in [3.63, 3.8) is 0 Å². The van der Waals surface area contributed by atoms with Crippen LogP contribution in [0.5, 0.6) is 5.75 Å². The number of benzene rings is 1. The molecule has 0 bridgehead atoms. The Hall–Kier alpha value is -2.38. The molecular formula is C18H23N3O4. The fourth-order valence-electron chi connectivity index (χ4n) is 3.08. The molecule has 0 radical (unpaired) electrons. The molecule has 2 N–H and O–H groups in total. The van der Waals surface area contributed by atoms with Gasteiger partial charge in [0.1, 0.15) is 11.9 Å². The lowest BCUT2D eigenvalue weighted by molar-refractivity contribution is -0.131. The molecule has 0 saturated heterocycles.